The molecule has 1 fully saturated rings. The average molecular weight is 400 g/mol. The van der Waals surface area contributed by atoms with Crippen LogP contribution in [0.4, 0.5) is 0 Å². The Morgan fingerprint density at radius 1 is 1.38 bits per heavy atom. The topological polar surface area (TPSA) is 93.1 Å². The van der Waals surface area contributed by atoms with Crippen molar-refractivity contribution in [2.24, 2.45) is 11.8 Å². The van der Waals surface area contributed by atoms with Crippen molar-refractivity contribution in [1.29, 1.82) is 0 Å². The molecule has 6 nitrogen and oxygen atoms in total. The fourth-order valence-electron chi connectivity index (χ4n) is 4.03. The van der Waals surface area contributed by atoms with Gasteiger partial charge in [-0.05, 0) is 51.8 Å². The first kappa shape index (κ1) is 21.3. The monoisotopic (exact) mass is 400 g/mol. The van der Waals surface area contributed by atoms with Gasteiger partial charge in [-0.1, -0.05) is 30.7 Å². The molecule has 1 saturated heterocycles. The van der Waals surface area contributed by atoms with Crippen molar-refractivity contribution in [2.45, 2.75) is 58.3 Å². The Morgan fingerprint density at radius 2 is 2.07 bits per heavy atom. The molecule has 156 valence electrons. The molecule has 2 N–H and O–H groups in total. The van der Waals surface area contributed by atoms with E-state index in [4.69, 9.17) is 9.47 Å². The Hall–Kier alpha value is -2.44. The Balaban J connectivity index is 1.91. The molecule has 0 aromatic rings. The van der Waals surface area contributed by atoms with Crippen molar-refractivity contribution in [2.75, 3.05) is 0 Å². The zero-order valence-corrected chi connectivity index (χ0v) is 17.4. The first-order chi connectivity index (χ1) is 13.5. The molecule has 3 aliphatic rings. The number of esters is 1. The van der Waals surface area contributed by atoms with E-state index in [1.165, 1.54) is 13.2 Å². The number of fused-ring (bicyclic) bond motifs is 2. The Bertz CT molecular complexity index is 885. The van der Waals surface area contributed by atoms with Crippen LogP contribution < -0.4 is 0 Å². The van der Waals surface area contributed by atoms with E-state index in [1.807, 2.05) is 26.0 Å². The van der Waals surface area contributed by atoms with Gasteiger partial charge in [-0.25, -0.2) is 0 Å². The largest absolute Gasteiger partial charge is 0.465 e. The summed E-state index contributed by atoms with van der Waals surface area (Å²) < 4.78 is 11.1. The molecule has 2 heterocycles. The van der Waals surface area contributed by atoms with E-state index in [2.05, 4.69) is 0 Å². The molecular formula is C23H28O6. The minimum Gasteiger partial charge on any atom is -0.465 e. The number of allylic oxidation sites excluding steroid dienone is 4. The third-order valence-corrected chi connectivity index (χ3v) is 5.95. The van der Waals surface area contributed by atoms with Gasteiger partial charge in [0.25, 0.3) is 0 Å². The Labute approximate surface area is 170 Å². The smallest absolute Gasteiger partial charge is 0.317 e. The Morgan fingerprint density at radius 3 is 2.69 bits per heavy atom. The van der Waals surface area contributed by atoms with Gasteiger partial charge < -0.3 is 19.7 Å². The van der Waals surface area contributed by atoms with E-state index >= 15 is 0 Å². The first-order valence-electron chi connectivity index (χ1n) is 9.80. The molecule has 0 saturated carbocycles. The lowest BCUT2D eigenvalue weighted by atomic mass is 9.69. The maximum Gasteiger partial charge on any atom is 0.317 e. The van der Waals surface area contributed by atoms with Crippen molar-refractivity contribution >= 4 is 11.8 Å². The molecule has 5 atom stereocenters. The quantitative estimate of drug-likeness (QED) is 0.419. The van der Waals surface area contributed by atoms with Crippen LogP contribution in [0.15, 0.2) is 59.1 Å². The van der Waals surface area contributed by atoms with Crippen LogP contribution in [-0.4, -0.2) is 39.3 Å². The molecule has 1 aliphatic carbocycles. The standard InChI is InChI=1S/C23H28O6/c1-6-22(4,27)11-13(2)7-8-16-9-15-10-18-19(14(3)24)21(26)29-23(18,5)20(25)17(15)12-28-16/h7-12,18-20,25,27H,6H2,1-5H3/b8-7+,13-11+/t18?,19?,20-,22?,23-/m1/s1. The molecular weight excluding hydrogens is 372 g/mol. The number of carbonyl (C=O) groups excluding carboxylic acids is 2. The molecule has 0 aromatic carbocycles. The van der Waals surface area contributed by atoms with Gasteiger partial charge in [-0.15, -0.1) is 0 Å². The summed E-state index contributed by atoms with van der Waals surface area (Å²) in [5, 5.41) is 21.0. The van der Waals surface area contributed by atoms with Crippen LogP contribution in [-0.2, 0) is 19.1 Å². The summed E-state index contributed by atoms with van der Waals surface area (Å²) in [6.07, 6.45) is 9.92. The number of rotatable bonds is 5. The molecule has 0 aromatic heterocycles. The van der Waals surface area contributed by atoms with Gasteiger partial charge in [0.1, 0.15) is 29.2 Å². The number of ether oxygens (including phenoxy) is 2. The summed E-state index contributed by atoms with van der Waals surface area (Å²) in [6.45, 7) is 8.55. The number of aliphatic hydroxyl groups is 2. The number of hydrogen-bond donors (Lipinski definition) is 2. The second-order valence-electron chi connectivity index (χ2n) is 8.41. The zero-order valence-electron chi connectivity index (χ0n) is 17.4. The van der Waals surface area contributed by atoms with E-state index in [0.29, 0.717) is 23.3 Å². The first-order valence-corrected chi connectivity index (χ1v) is 9.80. The van der Waals surface area contributed by atoms with Gasteiger partial charge in [-0.2, -0.15) is 0 Å². The van der Waals surface area contributed by atoms with Gasteiger partial charge in [0.15, 0.2) is 0 Å². The van der Waals surface area contributed by atoms with Crippen LogP contribution in [0, 0.1) is 11.8 Å². The third kappa shape index (κ3) is 3.87. The number of aliphatic hydroxyl groups excluding tert-OH is 1. The molecule has 3 unspecified atom stereocenters. The summed E-state index contributed by atoms with van der Waals surface area (Å²) in [5.74, 6) is -1.80. The van der Waals surface area contributed by atoms with E-state index in [9.17, 15) is 19.8 Å². The van der Waals surface area contributed by atoms with Crippen molar-refractivity contribution < 1.29 is 29.3 Å². The lowest BCUT2D eigenvalue weighted by molar-refractivity contribution is -0.157. The fraction of sp³-hybridized carbons (Fsp3) is 0.478. The molecule has 3 rings (SSSR count). The third-order valence-electron chi connectivity index (χ3n) is 5.95. The van der Waals surface area contributed by atoms with Crippen LogP contribution >= 0.6 is 0 Å². The van der Waals surface area contributed by atoms with Crippen LogP contribution in [0.5, 0.6) is 0 Å². The molecule has 0 amide bonds. The van der Waals surface area contributed by atoms with E-state index < -0.39 is 35.1 Å². The van der Waals surface area contributed by atoms with Gasteiger partial charge in [0, 0.05) is 11.5 Å². The normalized spacial score (nSPS) is 33.6. The van der Waals surface area contributed by atoms with E-state index in [1.54, 1.807) is 32.1 Å². The predicted molar refractivity (Wildman–Crippen MR) is 107 cm³/mol. The van der Waals surface area contributed by atoms with Gasteiger partial charge in [-0.3, -0.25) is 9.59 Å². The number of ketones is 1. The molecule has 0 bridgehead atoms. The summed E-state index contributed by atoms with van der Waals surface area (Å²) in [7, 11) is 0. The summed E-state index contributed by atoms with van der Waals surface area (Å²) in [5.41, 5.74) is 0.0308. The summed E-state index contributed by atoms with van der Waals surface area (Å²) >= 11 is 0. The van der Waals surface area contributed by atoms with E-state index in [0.717, 1.165) is 5.57 Å². The number of hydrogen-bond acceptors (Lipinski definition) is 6. The summed E-state index contributed by atoms with van der Waals surface area (Å²) in [6, 6.07) is 0. The fourth-order valence-corrected chi connectivity index (χ4v) is 4.03. The highest BCUT2D eigenvalue weighted by atomic mass is 16.6. The zero-order chi connectivity index (χ0) is 21.6. The lowest BCUT2D eigenvalue weighted by Crippen LogP contribution is -2.49. The van der Waals surface area contributed by atoms with Crippen molar-refractivity contribution in [3.8, 4) is 0 Å². The highest BCUT2D eigenvalue weighted by Crippen LogP contribution is 2.49. The van der Waals surface area contributed by atoms with Gasteiger partial charge in [0.2, 0.25) is 0 Å². The predicted octanol–water partition coefficient (Wildman–Crippen LogP) is 2.89. The number of carbonyl (C=O) groups is 2. The van der Waals surface area contributed by atoms with Crippen LogP contribution in [0.2, 0.25) is 0 Å². The van der Waals surface area contributed by atoms with E-state index in [-0.39, 0.29) is 5.78 Å². The second kappa shape index (κ2) is 7.43. The maximum atomic E-state index is 12.2. The second-order valence-corrected chi connectivity index (χ2v) is 8.41. The van der Waals surface area contributed by atoms with Gasteiger partial charge >= 0.3 is 5.97 Å². The number of Topliss-reactive ketones (excluding diaryl/α,β-unsaturated/α-hetero) is 1. The van der Waals surface area contributed by atoms with Crippen LogP contribution in [0.3, 0.4) is 0 Å². The van der Waals surface area contributed by atoms with Crippen LogP contribution in [0.25, 0.3) is 0 Å². The van der Waals surface area contributed by atoms with Crippen molar-refractivity contribution in [3.05, 3.63) is 59.1 Å². The Kier molecular flexibility index (Phi) is 5.45. The molecule has 0 radical (unpaired) electrons. The molecule has 0 spiro atoms. The molecule has 29 heavy (non-hydrogen) atoms. The minimum absolute atomic E-state index is 0.278. The van der Waals surface area contributed by atoms with Crippen molar-refractivity contribution in [1.82, 2.24) is 0 Å². The van der Waals surface area contributed by atoms with Gasteiger partial charge in [0.05, 0.1) is 11.9 Å². The molecule has 2 aliphatic heterocycles. The van der Waals surface area contributed by atoms with Crippen LogP contribution in [0.1, 0.15) is 41.0 Å². The highest BCUT2D eigenvalue weighted by Gasteiger charge is 2.60. The molecule has 6 heteroatoms. The summed E-state index contributed by atoms with van der Waals surface area (Å²) in [4.78, 5) is 24.2. The maximum absolute atomic E-state index is 12.2. The SMILES string of the molecule is CCC(C)(O)/C=C(C)/C=C/C1=CC2=CC3C(C(C)=O)C(=O)O[C@@]3(C)[C@H](O)C2=CO1. The minimum atomic E-state index is -1.20. The highest BCUT2D eigenvalue weighted by molar-refractivity contribution is 6.00. The van der Waals surface area contributed by atoms with Crippen molar-refractivity contribution in [3.63, 3.8) is 0 Å². The lowest BCUT2D eigenvalue weighted by Gasteiger charge is -2.39. The average Bonchev–Trinajstić information content (AvgIpc) is 2.90.